The smallest absolute Gasteiger partial charge is 0.317 e. The van der Waals surface area contributed by atoms with E-state index in [1.54, 1.807) is 24.1 Å². The monoisotopic (exact) mass is 332 g/mol. The average molecular weight is 332 g/mol. The average Bonchev–Trinajstić information content (AvgIpc) is 2.88. The van der Waals surface area contributed by atoms with E-state index in [4.69, 9.17) is 0 Å². The summed E-state index contributed by atoms with van der Waals surface area (Å²) in [5.74, 6) is -0.276. The SMILES string of the molecule is Cc1cc(C)n(CCCNC(=O)N(C)C(C)c2ccc(F)cc2)n1. The number of carbonyl (C=O) groups is 1. The Hall–Kier alpha value is -2.37. The predicted molar refractivity (Wildman–Crippen MR) is 92.3 cm³/mol. The molecule has 0 radical (unpaired) electrons. The zero-order valence-corrected chi connectivity index (χ0v) is 14.7. The fourth-order valence-corrected chi connectivity index (χ4v) is 2.59. The molecule has 1 unspecified atom stereocenters. The first-order chi connectivity index (χ1) is 11.4. The van der Waals surface area contributed by atoms with Gasteiger partial charge in [-0.05, 0) is 51.0 Å². The van der Waals surface area contributed by atoms with Gasteiger partial charge in [0.2, 0.25) is 0 Å². The molecule has 0 bridgehead atoms. The molecule has 2 aromatic rings. The molecule has 0 aliphatic carbocycles. The van der Waals surface area contributed by atoms with Gasteiger partial charge in [0, 0.05) is 25.8 Å². The lowest BCUT2D eigenvalue weighted by atomic mass is 10.1. The summed E-state index contributed by atoms with van der Waals surface area (Å²) in [6.07, 6.45) is 0.812. The molecular weight excluding hydrogens is 307 g/mol. The van der Waals surface area contributed by atoms with E-state index < -0.39 is 0 Å². The standard InChI is InChI=1S/C18H25FN4O/c1-13-12-14(2)23(21-13)11-5-10-20-18(24)22(4)15(3)16-6-8-17(19)9-7-16/h6-9,12,15H,5,10-11H2,1-4H3,(H,20,24). The van der Waals surface area contributed by atoms with Crippen LogP contribution in [0.3, 0.4) is 0 Å². The molecule has 0 spiro atoms. The molecule has 0 saturated carbocycles. The summed E-state index contributed by atoms with van der Waals surface area (Å²) in [4.78, 5) is 13.8. The molecule has 1 aromatic heterocycles. The van der Waals surface area contributed by atoms with Crippen molar-refractivity contribution in [1.29, 1.82) is 0 Å². The van der Waals surface area contributed by atoms with Crippen LogP contribution in [0, 0.1) is 19.7 Å². The van der Waals surface area contributed by atoms with Crippen LogP contribution < -0.4 is 5.32 Å². The lowest BCUT2D eigenvalue weighted by Gasteiger charge is -2.25. The van der Waals surface area contributed by atoms with Crippen LogP contribution in [0.2, 0.25) is 0 Å². The van der Waals surface area contributed by atoms with Crippen LogP contribution in [0.1, 0.15) is 36.3 Å². The number of benzene rings is 1. The number of rotatable bonds is 6. The first-order valence-electron chi connectivity index (χ1n) is 8.15. The molecule has 0 aliphatic rings. The number of nitrogens with zero attached hydrogens (tertiary/aromatic N) is 3. The lowest BCUT2D eigenvalue weighted by molar-refractivity contribution is 0.194. The Kier molecular flexibility index (Phi) is 5.95. The molecule has 0 aliphatic heterocycles. The largest absolute Gasteiger partial charge is 0.338 e. The van der Waals surface area contributed by atoms with Crippen molar-refractivity contribution in [3.05, 3.63) is 53.1 Å². The zero-order valence-electron chi connectivity index (χ0n) is 14.7. The van der Waals surface area contributed by atoms with Gasteiger partial charge in [0.25, 0.3) is 0 Å². The van der Waals surface area contributed by atoms with E-state index in [9.17, 15) is 9.18 Å². The maximum absolute atomic E-state index is 13.0. The summed E-state index contributed by atoms with van der Waals surface area (Å²) < 4.78 is 14.9. The van der Waals surface area contributed by atoms with Crippen molar-refractivity contribution >= 4 is 6.03 Å². The molecule has 130 valence electrons. The Balaban J connectivity index is 1.79. The van der Waals surface area contributed by atoms with Crippen LogP contribution in [-0.4, -0.2) is 34.3 Å². The molecule has 1 N–H and O–H groups in total. The predicted octanol–water partition coefficient (Wildman–Crippen LogP) is 3.43. The highest BCUT2D eigenvalue weighted by Gasteiger charge is 2.16. The van der Waals surface area contributed by atoms with E-state index in [-0.39, 0.29) is 17.9 Å². The molecule has 24 heavy (non-hydrogen) atoms. The Labute approximate surface area is 142 Å². The Morgan fingerprint density at radius 3 is 2.58 bits per heavy atom. The van der Waals surface area contributed by atoms with Crippen molar-refractivity contribution in [3.8, 4) is 0 Å². The fraction of sp³-hybridized carbons (Fsp3) is 0.444. The summed E-state index contributed by atoms with van der Waals surface area (Å²) >= 11 is 0. The quantitative estimate of drug-likeness (QED) is 0.824. The Morgan fingerprint density at radius 1 is 1.33 bits per heavy atom. The van der Waals surface area contributed by atoms with E-state index in [1.165, 1.54) is 12.1 Å². The molecule has 0 fully saturated rings. The molecule has 0 saturated heterocycles. The summed E-state index contributed by atoms with van der Waals surface area (Å²) in [6.45, 7) is 7.27. The van der Waals surface area contributed by atoms with Gasteiger partial charge in [0.15, 0.2) is 0 Å². The summed E-state index contributed by atoms with van der Waals surface area (Å²) in [7, 11) is 1.74. The van der Waals surface area contributed by atoms with Gasteiger partial charge in [0.1, 0.15) is 5.82 Å². The molecule has 6 heteroatoms. The molecule has 1 atom stereocenters. The molecule has 1 heterocycles. The maximum atomic E-state index is 13.0. The van der Waals surface area contributed by atoms with Crippen molar-refractivity contribution in [3.63, 3.8) is 0 Å². The minimum atomic E-state index is -0.276. The highest BCUT2D eigenvalue weighted by atomic mass is 19.1. The van der Waals surface area contributed by atoms with Crippen molar-refractivity contribution < 1.29 is 9.18 Å². The number of urea groups is 1. The van der Waals surface area contributed by atoms with Crippen LogP contribution >= 0.6 is 0 Å². The molecule has 2 amide bonds. The third-order valence-electron chi connectivity index (χ3n) is 4.18. The normalized spacial score (nSPS) is 12.0. The number of aromatic nitrogens is 2. The minimum Gasteiger partial charge on any atom is -0.338 e. The summed E-state index contributed by atoms with van der Waals surface area (Å²) in [5.41, 5.74) is 3.03. The van der Waals surface area contributed by atoms with Gasteiger partial charge in [-0.25, -0.2) is 9.18 Å². The topological polar surface area (TPSA) is 50.2 Å². The minimum absolute atomic E-state index is 0.124. The maximum Gasteiger partial charge on any atom is 0.317 e. The van der Waals surface area contributed by atoms with Gasteiger partial charge < -0.3 is 10.2 Å². The third-order valence-corrected chi connectivity index (χ3v) is 4.18. The zero-order chi connectivity index (χ0) is 17.7. The van der Waals surface area contributed by atoms with E-state index in [0.29, 0.717) is 6.54 Å². The lowest BCUT2D eigenvalue weighted by Crippen LogP contribution is -2.39. The number of aryl methyl sites for hydroxylation is 3. The van der Waals surface area contributed by atoms with Gasteiger partial charge >= 0.3 is 6.03 Å². The van der Waals surface area contributed by atoms with Gasteiger partial charge in [-0.1, -0.05) is 12.1 Å². The van der Waals surface area contributed by atoms with Crippen LogP contribution in [0.15, 0.2) is 30.3 Å². The fourth-order valence-electron chi connectivity index (χ4n) is 2.59. The van der Waals surface area contributed by atoms with Crippen LogP contribution in [0.5, 0.6) is 0 Å². The molecule has 2 rings (SSSR count). The highest BCUT2D eigenvalue weighted by molar-refractivity contribution is 5.74. The van der Waals surface area contributed by atoms with E-state index >= 15 is 0 Å². The number of halogens is 1. The van der Waals surface area contributed by atoms with Crippen LogP contribution in [0.25, 0.3) is 0 Å². The van der Waals surface area contributed by atoms with Gasteiger partial charge in [-0.2, -0.15) is 5.10 Å². The second-order valence-electron chi connectivity index (χ2n) is 6.07. The first kappa shape index (κ1) is 18.0. The Morgan fingerprint density at radius 2 is 2.00 bits per heavy atom. The Bertz CT molecular complexity index is 681. The number of hydrogen-bond donors (Lipinski definition) is 1. The number of amides is 2. The number of nitrogens with one attached hydrogen (secondary N) is 1. The van der Waals surface area contributed by atoms with Crippen LogP contribution in [-0.2, 0) is 6.54 Å². The van der Waals surface area contributed by atoms with Crippen LogP contribution in [0.4, 0.5) is 9.18 Å². The van der Waals surface area contributed by atoms with E-state index in [1.807, 2.05) is 31.5 Å². The second-order valence-corrected chi connectivity index (χ2v) is 6.07. The number of hydrogen-bond acceptors (Lipinski definition) is 2. The highest BCUT2D eigenvalue weighted by Crippen LogP contribution is 2.18. The van der Waals surface area contributed by atoms with Gasteiger partial charge in [-0.3, -0.25) is 4.68 Å². The third kappa shape index (κ3) is 4.57. The van der Waals surface area contributed by atoms with E-state index in [2.05, 4.69) is 10.4 Å². The summed E-state index contributed by atoms with van der Waals surface area (Å²) in [6, 6.07) is 8.00. The van der Waals surface area contributed by atoms with Crippen molar-refractivity contribution in [1.82, 2.24) is 20.0 Å². The van der Waals surface area contributed by atoms with Gasteiger partial charge in [0.05, 0.1) is 11.7 Å². The van der Waals surface area contributed by atoms with E-state index in [0.717, 1.165) is 29.9 Å². The molecule has 1 aromatic carbocycles. The molecular formula is C18H25FN4O. The first-order valence-corrected chi connectivity index (χ1v) is 8.15. The summed E-state index contributed by atoms with van der Waals surface area (Å²) in [5, 5.41) is 7.31. The molecule has 5 nitrogen and oxygen atoms in total. The van der Waals surface area contributed by atoms with Crippen molar-refractivity contribution in [2.24, 2.45) is 0 Å². The van der Waals surface area contributed by atoms with Crippen molar-refractivity contribution in [2.45, 2.75) is 39.8 Å². The number of carbonyl (C=O) groups excluding carboxylic acids is 1. The second kappa shape index (κ2) is 7.95. The van der Waals surface area contributed by atoms with Crippen molar-refractivity contribution in [2.75, 3.05) is 13.6 Å². The van der Waals surface area contributed by atoms with Gasteiger partial charge in [-0.15, -0.1) is 0 Å².